The number of rotatable bonds is 1. The van der Waals surface area contributed by atoms with Gasteiger partial charge in [-0.3, -0.25) is 9.59 Å². The summed E-state index contributed by atoms with van der Waals surface area (Å²) in [6, 6.07) is 0. The van der Waals surface area contributed by atoms with Crippen LogP contribution in [0.4, 0.5) is 0 Å². The molecule has 0 saturated heterocycles. The van der Waals surface area contributed by atoms with Gasteiger partial charge in [0.25, 0.3) is 0 Å². The molecule has 11 atom stereocenters. The Morgan fingerprint density at radius 2 is 1.03 bits per heavy atom. The third kappa shape index (κ3) is 12.0. The summed E-state index contributed by atoms with van der Waals surface area (Å²) in [6.07, 6.45) is 53.8. The van der Waals surface area contributed by atoms with E-state index < -0.39 is 0 Å². The molecule has 0 aromatic rings. The molecule has 0 amide bonds. The minimum absolute atomic E-state index is 0. The van der Waals surface area contributed by atoms with Crippen molar-refractivity contribution < 1.29 is 19.8 Å². The number of Topliss-reactive ketones (excluding diaryl/α,β-unsaturated/α-hetero) is 2. The molecule has 6 spiro atoms. The lowest BCUT2D eigenvalue weighted by Crippen LogP contribution is -2.34. The van der Waals surface area contributed by atoms with Crippen molar-refractivity contribution in [1.82, 2.24) is 0 Å². The number of aliphatic hydroxyl groups is 2. The minimum atomic E-state index is -0.0579. The molecule has 12 rings (SSSR count). The largest absolute Gasteiger partial charge is 0.392 e. The molecule has 18 radical (unpaired) electrons. The summed E-state index contributed by atoms with van der Waals surface area (Å²) in [5.41, 5.74) is 4.71. The van der Waals surface area contributed by atoms with Crippen LogP contribution in [0.2, 0.25) is 0 Å². The normalized spacial score (nSPS) is 39.9. The number of carbonyl (C=O) groups excluding carboxylic acids is 2. The van der Waals surface area contributed by atoms with Gasteiger partial charge in [0.15, 0.2) is 0 Å². The molecule has 11 unspecified atom stereocenters. The third-order valence-corrected chi connectivity index (χ3v) is 17.3. The molecule has 64 heavy (non-hydrogen) atoms. The second-order valence-corrected chi connectivity index (χ2v) is 21.2. The van der Waals surface area contributed by atoms with Crippen molar-refractivity contribution in [2.24, 2.45) is 56.2 Å². The first-order valence-corrected chi connectivity index (χ1v) is 23.5. The first kappa shape index (κ1) is 59.6. The fraction of sp³-hybridized carbons (Fsp3) is 0.667. The Labute approximate surface area is 401 Å². The molecule has 10 heteroatoms. The van der Waals surface area contributed by atoms with Crippen LogP contribution in [-0.2, 0) is 9.59 Å². The van der Waals surface area contributed by atoms with Gasteiger partial charge in [0, 0.05) is 79.1 Å². The van der Waals surface area contributed by atoms with Gasteiger partial charge >= 0.3 is 0 Å². The predicted octanol–water partition coefficient (Wildman–Crippen LogP) is 10.4. The van der Waals surface area contributed by atoms with Crippen LogP contribution < -0.4 is 0 Å². The SMILES string of the molecule is CC1=CC2(C=CC2)CC1.CC1CCC2(C=CC2)C1=O.CC1CCC2(C=CC2)C1C.CC1CCC2(C=CC2)C1O.O=C1CCCC12C=CC2.OCC1=CC2(C=CC2)CC1.[B].[B].[B].[B].[B].[B]. The molecule has 0 aromatic carbocycles. The van der Waals surface area contributed by atoms with Crippen LogP contribution in [0.25, 0.3) is 0 Å². The highest BCUT2D eigenvalue weighted by Crippen LogP contribution is 2.55. The molecule has 4 saturated carbocycles. The zero-order valence-corrected chi connectivity index (χ0v) is 40.3. The molecule has 0 aliphatic heterocycles. The van der Waals surface area contributed by atoms with Crippen molar-refractivity contribution in [3.63, 3.8) is 0 Å². The highest BCUT2D eigenvalue weighted by Gasteiger charge is 2.48. The summed E-state index contributed by atoms with van der Waals surface area (Å²) in [5.74, 6) is 3.71. The molecular formula is C54H76B6O4. The fourth-order valence-corrected chi connectivity index (χ4v) is 12.0. The number of aliphatic hydroxyl groups excluding tert-OH is 2. The molecule has 0 bridgehead atoms. The number of hydrogen-bond acceptors (Lipinski definition) is 4. The van der Waals surface area contributed by atoms with Gasteiger partial charge in [-0.2, -0.15) is 0 Å². The summed E-state index contributed by atoms with van der Waals surface area (Å²) >= 11 is 0. The van der Waals surface area contributed by atoms with E-state index >= 15 is 0 Å². The van der Waals surface area contributed by atoms with E-state index in [1.54, 1.807) is 5.57 Å². The molecule has 12 aliphatic rings. The first-order valence-electron chi connectivity index (χ1n) is 23.5. The Morgan fingerprint density at radius 1 is 0.547 bits per heavy atom. The van der Waals surface area contributed by atoms with Crippen LogP contribution in [0.1, 0.15) is 157 Å². The maximum absolute atomic E-state index is 11.5. The van der Waals surface area contributed by atoms with Gasteiger partial charge in [0.05, 0.1) is 23.5 Å². The first-order chi connectivity index (χ1) is 27.7. The Hall–Kier alpha value is -2.43. The summed E-state index contributed by atoms with van der Waals surface area (Å²) < 4.78 is 0. The third-order valence-electron chi connectivity index (χ3n) is 17.3. The maximum Gasteiger partial charge on any atom is 0.145 e. The van der Waals surface area contributed by atoms with Crippen LogP contribution in [-0.4, -0.2) is 85.0 Å². The molecule has 0 aromatic heterocycles. The molecule has 4 nitrogen and oxygen atoms in total. The molecule has 4 fully saturated rings. The van der Waals surface area contributed by atoms with E-state index in [0.717, 1.165) is 69.6 Å². The zero-order chi connectivity index (χ0) is 41.2. The van der Waals surface area contributed by atoms with Crippen molar-refractivity contribution in [3.8, 4) is 0 Å². The Morgan fingerprint density at radius 3 is 1.23 bits per heavy atom. The lowest BCUT2D eigenvalue weighted by molar-refractivity contribution is -0.127. The van der Waals surface area contributed by atoms with Crippen molar-refractivity contribution in [2.45, 2.75) is 163 Å². The van der Waals surface area contributed by atoms with Gasteiger partial charge in [0.2, 0.25) is 0 Å². The van der Waals surface area contributed by atoms with Crippen LogP contribution in [0.5, 0.6) is 0 Å². The van der Waals surface area contributed by atoms with E-state index in [1.807, 2.05) is 6.92 Å². The molecule has 0 heterocycles. The summed E-state index contributed by atoms with van der Waals surface area (Å²) in [6.45, 7) is 11.5. The van der Waals surface area contributed by atoms with E-state index in [2.05, 4.69) is 113 Å². The second-order valence-electron chi connectivity index (χ2n) is 21.2. The van der Waals surface area contributed by atoms with E-state index in [4.69, 9.17) is 5.11 Å². The van der Waals surface area contributed by atoms with E-state index in [1.165, 1.54) is 69.8 Å². The van der Waals surface area contributed by atoms with Crippen molar-refractivity contribution in [2.75, 3.05) is 6.61 Å². The number of ketones is 2. The Balaban J connectivity index is 0.000000377. The smallest absolute Gasteiger partial charge is 0.145 e. The van der Waals surface area contributed by atoms with Gasteiger partial charge in [0.1, 0.15) is 11.6 Å². The van der Waals surface area contributed by atoms with Gasteiger partial charge in [-0.05, 0) is 151 Å². The van der Waals surface area contributed by atoms with Gasteiger partial charge < -0.3 is 10.2 Å². The quantitative estimate of drug-likeness (QED) is 0.204. The zero-order valence-electron chi connectivity index (χ0n) is 40.3. The average Bonchev–Trinajstić information content (AvgIpc) is 3.97. The van der Waals surface area contributed by atoms with E-state index in [9.17, 15) is 14.7 Å². The molecule has 12 aliphatic carbocycles. The van der Waals surface area contributed by atoms with Crippen molar-refractivity contribution in [1.29, 1.82) is 0 Å². The lowest BCUT2D eigenvalue weighted by Gasteiger charge is -2.36. The molecule has 2 N–H and O–H groups in total. The van der Waals surface area contributed by atoms with Crippen LogP contribution in [0, 0.1) is 56.2 Å². The van der Waals surface area contributed by atoms with E-state index in [-0.39, 0.29) is 79.4 Å². The highest BCUT2D eigenvalue weighted by atomic mass is 16.3. The fourth-order valence-electron chi connectivity index (χ4n) is 12.0. The standard InChI is InChI=1S/C10H16.C9H14O.2C9H12O.C9H12.C8H10O.6B/c1-8-4-7-10(9(8)2)5-3-6-10;2*1-7-3-6-9(8(7)10)4-2-5-9;10-7-8-2-5-9(6-8)3-1-4-9;1-8-3-6-9(7-8)4-2-5-9;9-7-3-1-4-8(7)5-2-6-8;;;;;;/h3,5,8-9H,4,6-7H2,1-2H3;2,4,7-8,10H,3,5-6H2,1H3;2,4,7H,3,5-6H2,1H3;1,3,6,10H,2,4-5,7H2;2,4,7H,3,5-6H2,1H3;2,5H,1,3-4,6H2;;;;;;. The number of carbonyl (C=O) groups is 2. The Kier molecular flexibility index (Phi) is 22.4. The van der Waals surface area contributed by atoms with Crippen molar-refractivity contribution >= 4 is 62.0 Å². The highest BCUT2D eigenvalue weighted by molar-refractivity contribution is 5.92. The van der Waals surface area contributed by atoms with Gasteiger partial charge in [-0.25, -0.2) is 0 Å². The average molecular weight is 854 g/mol. The maximum atomic E-state index is 11.5. The van der Waals surface area contributed by atoms with Gasteiger partial charge in [-0.15, -0.1) is 0 Å². The predicted molar refractivity (Wildman–Crippen MR) is 273 cm³/mol. The van der Waals surface area contributed by atoms with Crippen molar-refractivity contribution in [3.05, 3.63) is 96.2 Å². The van der Waals surface area contributed by atoms with E-state index in [0.29, 0.717) is 39.6 Å². The summed E-state index contributed by atoms with van der Waals surface area (Å²) in [5, 5.41) is 18.5. The van der Waals surface area contributed by atoms with Crippen LogP contribution >= 0.6 is 0 Å². The van der Waals surface area contributed by atoms with Gasteiger partial charge in [-0.1, -0.05) is 118 Å². The summed E-state index contributed by atoms with van der Waals surface area (Å²) in [7, 11) is 0. The topological polar surface area (TPSA) is 74.6 Å². The minimum Gasteiger partial charge on any atom is -0.392 e. The monoisotopic (exact) mass is 855 g/mol. The Bertz CT molecular complexity index is 1770. The molecule has 334 valence electrons. The molecular weight excluding hydrogens is 777 g/mol. The summed E-state index contributed by atoms with van der Waals surface area (Å²) in [4.78, 5) is 22.6. The number of hydrogen-bond donors (Lipinski definition) is 2. The number of allylic oxidation sites excluding steroid dienone is 14. The van der Waals surface area contributed by atoms with Crippen LogP contribution in [0.3, 0.4) is 0 Å². The lowest BCUT2D eigenvalue weighted by atomic mass is 9.68. The second kappa shape index (κ2) is 24.0. The van der Waals surface area contributed by atoms with Crippen LogP contribution in [0.15, 0.2) is 96.2 Å².